The molecule has 2 rings (SSSR count). The first-order valence-electron chi connectivity index (χ1n) is 6.76. The highest BCUT2D eigenvalue weighted by Gasteiger charge is 2.49. The van der Waals surface area contributed by atoms with Gasteiger partial charge >= 0.3 is 5.97 Å². The number of esters is 1. The molecule has 0 radical (unpaired) electrons. The third-order valence-corrected chi connectivity index (χ3v) is 6.77. The summed E-state index contributed by atoms with van der Waals surface area (Å²) in [6, 6.07) is 0. The van der Waals surface area contributed by atoms with Gasteiger partial charge in [-0.2, -0.15) is 0 Å². The lowest BCUT2D eigenvalue weighted by atomic mass is 10.0. The van der Waals surface area contributed by atoms with Gasteiger partial charge in [-0.1, -0.05) is 19.3 Å². The number of methoxy groups -OCH3 is 1. The van der Waals surface area contributed by atoms with E-state index in [4.69, 9.17) is 0 Å². The van der Waals surface area contributed by atoms with Gasteiger partial charge < -0.3 is 4.74 Å². The standard InChI is InChI=1S/C13H22O4S/c1-17-12(14)9-13(7-8-13)10-18(15,16)11-5-3-2-4-6-11/h11H,2-10H2,1H3. The minimum absolute atomic E-state index is 0.165. The van der Waals surface area contributed by atoms with E-state index >= 15 is 0 Å². The van der Waals surface area contributed by atoms with Crippen molar-refractivity contribution in [1.29, 1.82) is 0 Å². The topological polar surface area (TPSA) is 60.4 Å². The number of hydrogen-bond donors (Lipinski definition) is 0. The molecule has 18 heavy (non-hydrogen) atoms. The third kappa shape index (κ3) is 3.25. The van der Waals surface area contributed by atoms with Gasteiger partial charge in [-0.25, -0.2) is 8.42 Å². The van der Waals surface area contributed by atoms with Crippen molar-refractivity contribution in [2.45, 2.75) is 56.6 Å². The van der Waals surface area contributed by atoms with Crippen molar-refractivity contribution < 1.29 is 17.9 Å². The van der Waals surface area contributed by atoms with E-state index in [1.54, 1.807) is 0 Å². The summed E-state index contributed by atoms with van der Waals surface area (Å²) in [5.41, 5.74) is -0.302. The maximum Gasteiger partial charge on any atom is 0.306 e. The summed E-state index contributed by atoms with van der Waals surface area (Å²) in [6.07, 6.45) is 6.74. The zero-order chi connectivity index (χ0) is 13.2. The van der Waals surface area contributed by atoms with Crippen molar-refractivity contribution in [3.8, 4) is 0 Å². The zero-order valence-corrected chi connectivity index (χ0v) is 11.8. The molecule has 2 saturated carbocycles. The quantitative estimate of drug-likeness (QED) is 0.720. The van der Waals surface area contributed by atoms with Crippen molar-refractivity contribution in [2.75, 3.05) is 12.9 Å². The van der Waals surface area contributed by atoms with Gasteiger partial charge in [-0.05, 0) is 31.1 Å². The van der Waals surface area contributed by atoms with E-state index in [9.17, 15) is 13.2 Å². The van der Waals surface area contributed by atoms with Gasteiger partial charge in [-0.3, -0.25) is 4.79 Å². The largest absolute Gasteiger partial charge is 0.469 e. The Kier molecular flexibility index (Phi) is 3.99. The van der Waals surface area contributed by atoms with E-state index in [1.807, 2.05) is 0 Å². The van der Waals surface area contributed by atoms with Gasteiger partial charge in [-0.15, -0.1) is 0 Å². The van der Waals surface area contributed by atoms with E-state index < -0.39 is 9.84 Å². The van der Waals surface area contributed by atoms with Crippen LogP contribution in [0.4, 0.5) is 0 Å². The van der Waals surface area contributed by atoms with Crippen LogP contribution in [0, 0.1) is 5.41 Å². The molecule has 2 aliphatic carbocycles. The monoisotopic (exact) mass is 274 g/mol. The molecule has 104 valence electrons. The molecule has 0 atom stereocenters. The number of ether oxygens (including phenoxy) is 1. The molecule has 0 aromatic carbocycles. The highest BCUT2D eigenvalue weighted by molar-refractivity contribution is 7.92. The van der Waals surface area contributed by atoms with Gasteiger partial charge in [0.2, 0.25) is 0 Å². The highest BCUT2D eigenvalue weighted by Crippen LogP contribution is 2.50. The van der Waals surface area contributed by atoms with Crippen molar-refractivity contribution in [3.63, 3.8) is 0 Å². The fraction of sp³-hybridized carbons (Fsp3) is 0.923. The van der Waals surface area contributed by atoms with E-state index in [0.29, 0.717) is 0 Å². The molecule has 4 nitrogen and oxygen atoms in total. The molecule has 0 saturated heterocycles. The van der Waals surface area contributed by atoms with Crippen LogP contribution in [0.3, 0.4) is 0 Å². The third-order valence-electron chi connectivity index (χ3n) is 4.27. The molecular weight excluding hydrogens is 252 g/mol. The maximum atomic E-state index is 12.4. The van der Waals surface area contributed by atoms with Gasteiger partial charge in [0.15, 0.2) is 9.84 Å². The van der Waals surface area contributed by atoms with Crippen molar-refractivity contribution in [1.82, 2.24) is 0 Å². The van der Waals surface area contributed by atoms with E-state index in [-0.39, 0.29) is 28.8 Å². The van der Waals surface area contributed by atoms with Gasteiger partial charge in [0, 0.05) is 0 Å². The second kappa shape index (κ2) is 5.19. The van der Waals surface area contributed by atoms with Crippen LogP contribution >= 0.6 is 0 Å². The van der Waals surface area contributed by atoms with Crippen LogP contribution in [0.1, 0.15) is 51.4 Å². The average Bonchev–Trinajstić information content (AvgIpc) is 3.08. The average molecular weight is 274 g/mol. The Morgan fingerprint density at radius 1 is 1.22 bits per heavy atom. The second-order valence-corrected chi connectivity index (χ2v) is 8.10. The predicted octanol–water partition coefficient (Wildman–Crippen LogP) is 2.08. The molecular formula is C13H22O4S. The highest BCUT2D eigenvalue weighted by atomic mass is 32.2. The van der Waals surface area contributed by atoms with Gasteiger partial charge in [0.05, 0.1) is 24.5 Å². The van der Waals surface area contributed by atoms with Gasteiger partial charge in [0.25, 0.3) is 0 Å². The number of rotatable bonds is 5. The Morgan fingerprint density at radius 2 is 1.83 bits per heavy atom. The SMILES string of the molecule is COC(=O)CC1(CS(=O)(=O)C2CCCCC2)CC1. The molecule has 0 aliphatic heterocycles. The van der Waals surface area contributed by atoms with Crippen LogP contribution in [0.5, 0.6) is 0 Å². The lowest BCUT2D eigenvalue weighted by Gasteiger charge is -2.24. The minimum Gasteiger partial charge on any atom is -0.469 e. The molecule has 0 aromatic heterocycles. The lowest BCUT2D eigenvalue weighted by molar-refractivity contribution is -0.141. The first-order chi connectivity index (χ1) is 8.47. The van der Waals surface area contributed by atoms with E-state index in [0.717, 1.165) is 44.9 Å². The zero-order valence-electron chi connectivity index (χ0n) is 11.0. The van der Waals surface area contributed by atoms with E-state index in [1.165, 1.54) is 7.11 Å². The summed E-state index contributed by atoms with van der Waals surface area (Å²) >= 11 is 0. The molecule has 0 aromatic rings. The smallest absolute Gasteiger partial charge is 0.306 e. The van der Waals surface area contributed by atoms with Crippen LogP contribution in [0.2, 0.25) is 0 Å². The van der Waals surface area contributed by atoms with Crippen LogP contribution in [-0.2, 0) is 19.4 Å². The van der Waals surface area contributed by atoms with Crippen molar-refractivity contribution >= 4 is 15.8 Å². The molecule has 0 N–H and O–H groups in total. The summed E-state index contributed by atoms with van der Waals surface area (Å²) in [5, 5.41) is -0.165. The second-order valence-electron chi connectivity index (χ2n) is 5.82. The molecule has 5 heteroatoms. The first-order valence-corrected chi connectivity index (χ1v) is 8.47. The van der Waals surface area contributed by atoms with Crippen molar-refractivity contribution in [2.24, 2.45) is 5.41 Å². The Bertz CT molecular complexity index is 403. The maximum absolute atomic E-state index is 12.4. The molecule has 2 aliphatic rings. The normalized spacial score (nSPS) is 23.6. The first kappa shape index (κ1) is 13.8. The van der Waals surface area contributed by atoms with Crippen LogP contribution < -0.4 is 0 Å². The lowest BCUT2D eigenvalue weighted by Crippen LogP contribution is -2.31. The molecule has 0 bridgehead atoms. The fourth-order valence-electron chi connectivity index (χ4n) is 2.90. The number of carbonyl (C=O) groups is 1. The Balaban J connectivity index is 1.97. The Labute approximate surface area is 109 Å². The predicted molar refractivity (Wildman–Crippen MR) is 69.0 cm³/mol. The van der Waals surface area contributed by atoms with Crippen LogP contribution in [0.25, 0.3) is 0 Å². The summed E-state index contributed by atoms with van der Waals surface area (Å²) in [5.74, 6) is -0.105. The molecule has 0 spiro atoms. The minimum atomic E-state index is -3.04. The Hall–Kier alpha value is -0.580. The fourth-order valence-corrected chi connectivity index (χ4v) is 5.43. The summed E-state index contributed by atoms with van der Waals surface area (Å²) < 4.78 is 29.4. The van der Waals surface area contributed by atoms with Crippen LogP contribution in [-0.4, -0.2) is 32.5 Å². The summed E-state index contributed by atoms with van der Waals surface area (Å²) in [4.78, 5) is 11.3. The molecule has 0 heterocycles. The van der Waals surface area contributed by atoms with E-state index in [2.05, 4.69) is 4.74 Å². The van der Waals surface area contributed by atoms with Crippen molar-refractivity contribution in [3.05, 3.63) is 0 Å². The molecule has 0 unspecified atom stereocenters. The van der Waals surface area contributed by atoms with Crippen LogP contribution in [0.15, 0.2) is 0 Å². The number of carbonyl (C=O) groups excluding carboxylic acids is 1. The number of hydrogen-bond acceptors (Lipinski definition) is 4. The molecule has 2 fully saturated rings. The number of sulfone groups is 1. The molecule has 0 amide bonds. The Morgan fingerprint density at radius 3 is 2.33 bits per heavy atom. The van der Waals surface area contributed by atoms with Gasteiger partial charge in [0.1, 0.15) is 0 Å². The summed E-state index contributed by atoms with van der Waals surface area (Å²) in [6.45, 7) is 0. The summed E-state index contributed by atoms with van der Waals surface area (Å²) in [7, 11) is -1.68.